The fourth-order valence-corrected chi connectivity index (χ4v) is 1.51. The highest BCUT2D eigenvalue weighted by atomic mass is 35.5. The van der Waals surface area contributed by atoms with Gasteiger partial charge in [-0.25, -0.2) is 0 Å². The molecule has 9 heteroatoms. The van der Waals surface area contributed by atoms with Crippen LogP contribution in [-0.4, -0.2) is 23.1 Å². The second kappa shape index (κ2) is 5.40. The predicted molar refractivity (Wildman–Crippen MR) is 57.0 cm³/mol. The summed E-state index contributed by atoms with van der Waals surface area (Å²) in [5, 5.41) is 9.54. The van der Waals surface area contributed by atoms with Crippen molar-refractivity contribution in [1.82, 2.24) is 0 Å². The van der Waals surface area contributed by atoms with Crippen LogP contribution in [0.4, 0.5) is 30.7 Å². The van der Waals surface area contributed by atoms with Gasteiger partial charge < -0.3 is 5.11 Å². The molecule has 0 bridgehead atoms. The fourth-order valence-electron chi connectivity index (χ4n) is 1.38. The van der Waals surface area contributed by atoms with E-state index in [2.05, 4.69) is 0 Å². The first-order valence-electron chi connectivity index (χ1n) is 5.14. The molecule has 0 spiro atoms. The minimum atomic E-state index is -6.41. The van der Waals surface area contributed by atoms with E-state index in [0.29, 0.717) is 0 Å². The van der Waals surface area contributed by atoms with Gasteiger partial charge in [-0.05, 0) is 17.7 Å². The average molecular weight is 325 g/mol. The lowest BCUT2D eigenvalue weighted by molar-refractivity contribution is -0.358. The Labute approximate surface area is 114 Å². The second-order valence-electron chi connectivity index (χ2n) is 4.05. The number of hydrogen-bond donors (Lipinski definition) is 1. The molecule has 0 saturated heterocycles. The first kappa shape index (κ1) is 17.0. The number of alkyl halides is 7. The summed E-state index contributed by atoms with van der Waals surface area (Å²) in [6, 6.07) is 4.46. The zero-order valence-electron chi connectivity index (χ0n) is 9.56. The molecule has 1 N–H and O–H groups in total. The van der Waals surface area contributed by atoms with E-state index in [9.17, 15) is 35.8 Å². The molecule has 20 heavy (non-hydrogen) atoms. The van der Waals surface area contributed by atoms with Crippen LogP contribution in [-0.2, 0) is 0 Å². The van der Waals surface area contributed by atoms with Crippen LogP contribution in [0.3, 0.4) is 0 Å². The van der Waals surface area contributed by atoms with Crippen molar-refractivity contribution >= 4 is 11.6 Å². The van der Waals surface area contributed by atoms with Crippen LogP contribution in [0.1, 0.15) is 18.1 Å². The number of hydrogen-bond acceptors (Lipinski definition) is 1. The van der Waals surface area contributed by atoms with Crippen LogP contribution in [0.5, 0.6) is 0 Å². The van der Waals surface area contributed by atoms with Crippen molar-refractivity contribution in [3.63, 3.8) is 0 Å². The van der Waals surface area contributed by atoms with Crippen LogP contribution >= 0.6 is 11.6 Å². The molecule has 0 aliphatic rings. The molecule has 0 amide bonds. The van der Waals surface area contributed by atoms with Gasteiger partial charge in [-0.1, -0.05) is 23.7 Å². The largest absolute Gasteiger partial charge is 0.459 e. The molecule has 1 rings (SSSR count). The zero-order chi connectivity index (χ0) is 15.8. The molecule has 0 heterocycles. The molecule has 0 fully saturated rings. The first-order valence-corrected chi connectivity index (χ1v) is 5.52. The van der Waals surface area contributed by atoms with Crippen molar-refractivity contribution in [3.8, 4) is 0 Å². The van der Waals surface area contributed by atoms with Crippen LogP contribution in [0.2, 0.25) is 5.02 Å². The van der Waals surface area contributed by atoms with Crippen molar-refractivity contribution in [2.75, 3.05) is 0 Å². The highest BCUT2D eigenvalue weighted by Crippen LogP contribution is 2.49. The maximum Gasteiger partial charge on any atom is 0.459 e. The molecule has 114 valence electrons. The highest BCUT2D eigenvalue weighted by molar-refractivity contribution is 6.30. The molecule has 0 radical (unpaired) electrons. The van der Waals surface area contributed by atoms with E-state index in [1.807, 2.05) is 0 Å². The summed E-state index contributed by atoms with van der Waals surface area (Å²) in [5.74, 6) is -11.7. The molecule has 1 aromatic rings. The Bertz CT molecular complexity index is 455. The molecule has 1 aromatic carbocycles. The van der Waals surface area contributed by atoms with Gasteiger partial charge in [-0.2, -0.15) is 30.7 Å². The Balaban J connectivity index is 2.93. The summed E-state index contributed by atoms with van der Waals surface area (Å²) >= 11 is 5.48. The summed E-state index contributed by atoms with van der Waals surface area (Å²) in [7, 11) is 0. The molecule has 1 nitrogen and oxygen atoms in total. The Morgan fingerprint density at radius 1 is 0.950 bits per heavy atom. The van der Waals surface area contributed by atoms with E-state index < -0.39 is 30.5 Å². The SMILES string of the molecule is OC(CC(F)(F)C(F)(F)C(F)(F)F)c1ccc(Cl)cc1. The van der Waals surface area contributed by atoms with Gasteiger partial charge in [0.25, 0.3) is 0 Å². The number of aliphatic hydroxyl groups is 1. The Morgan fingerprint density at radius 3 is 1.80 bits per heavy atom. The van der Waals surface area contributed by atoms with Gasteiger partial charge in [-0.15, -0.1) is 0 Å². The number of rotatable bonds is 4. The van der Waals surface area contributed by atoms with E-state index in [4.69, 9.17) is 11.6 Å². The monoisotopic (exact) mass is 324 g/mol. The number of benzene rings is 1. The maximum absolute atomic E-state index is 13.1. The lowest BCUT2D eigenvalue weighted by Gasteiger charge is -2.29. The standard InChI is InChI=1S/C11H8ClF7O/c12-7-3-1-6(2-4-7)8(20)5-9(13,14)10(15,16)11(17,18)19/h1-4,8,20H,5H2. The van der Waals surface area contributed by atoms with Gasteiger partial charge in [0, 0.05) is 11.4 Å². The van der Waals surface area contributed by atoms with Gasteiger partial charge in [0.15, 0.2) is 0 Å². The van der Waals surface area contributed by atoms with Crippen LogP contribution < -0.4 is 0 Å². The molecule has 0 aliphatic carbocycles. The Kier molecular flexibility index (Phi) is 4.60. The van der Waals surface area contributed by atoms with E-state index >= 15 is 0 Å². The van der Waals surface area contributed by atoms with Crippen LogP contribution in [0.15, 0.2) is 24.3 Å². The summed E-state index contributed by atoms with van der Waals surface area (Å²) in [6.45, 7) is 0. The number of aliphatic hydroxyl groups excluding tert-OH is 1. The van der Waals surface area contributed by atoms with E-state index in [1.54, 1.807) is 0 Å². The van der Waals surface area contributed by atoms with Gasteiger partial charge in [0.1, 0.15) is 0 Å². The van der Waals surface area contributed by atoms with E-state index in [0.717, 1.165) is 12.1 Å². The van der Waals surface area contributed by atoms with E-state index in [-0.39, 0.29) is 10.6 Å². The predicted octanol–water partition coefficient (Wildman–Crippen LogP) is 4.60. The van der Waals surface area contributed by atoms with Crippen LogP contribution in [0, 0.1) is 0 Å². The average Bonchev–Trinajstić information content (AvgIpc) is 2.27. The minimum absolute atomic E-state index is 0.188. The lowest BCUT2D eigenvalue weighted by Crippen LogP contribution is -2.52. The molecule has 1 atom stereocenters. The number of halogens is 8. The summed E-state index contributed by atoms with van der Waals surface area (Å²) in [6.07, 6.45) is -10.7. The van der Waals surface area contributed by atoms with Crippen molar-refractivity contribution in [2.24, 2.45) is 0 Å². The molecule has 0 saturated carbocycles. The van der Waals surface area contributed by atoms with Crippen molar-refractivity contribution in [1.29, 1.82) is 0 Å². The van der Waals surface area contributed by atoms with Gasteiger partial charge in [0.2, 0.25) is 0 Å². The quantitative estimate of drug-likeness (QED) is 0.803. The summed E-state index contributed by atoms with van der Waals surface area (Å²) in [5.41, 5.74) is -0.243. The maximum atomic E-state index is 13.1. The molecule has 0 aromatic heterocycles. The first-order chi connectivity index (χ1) is 8.88. The van der Waals surface area contributed by atoms with Gasteiger partial charge in [-0.3, -0.25) is 0 Å². The third kappa shape index (κ3) is 3.35. The summed E-state index contributed by atoms with van der Waals surface area (Å²) < 4.78 is 87.1. The topological polar surface area (TPSA) is 20.2 Å². The van der Waals surface area contributed by atoms with Crippen molar-refractivity contribution in [2.45, 2.75) is 30.5 Å². The van der Waals surface area contributed by atoms with Gasteiger partial charge in [0.05, 0.1) is 6.10 Å². The van der Waals surface area contributed by atoms with E-state index in [1.165, 1.54) is 12.1 Å². The smallest absolute Gasteiger partial charge is 0.388 e. The second-order valence-corrected chi connectivity index (χ2v) is 4.48. The molecular weight excluding hydrogens is 317 g/mol. The van der Waals surface area contributed by atoms with Gasteiger partial charge >= 0.3 is 18.0 Å². The fraction of sp³-hybridized carbons (Fsp3) is 0.455. The summed E-state index contributed by atoms with van der Waals surface area (Å²) in [4.78, 5) is 0. The zero-order valence-corrected chi connectivity index (χ0v) is 10.3. The van der Waals surface area contributed by atoms with Crippen molar-refractivity contribution < 1.29 is 35.8 Å². The molecule has 1 unspecified atom stereocenters. The molecule has 0 aliphatic heterocycles. The minimum Gasteiger partial charge on any atom is -0.388 e. The molecular formula is C11H8ClF7O. The Morgan fingerprint density at radius 2 is 1.40 bits per heavy atom. The Hall–Kier alpha value is -1.02. The highest BCUT2D eigenvalue weighted by Gasteiger charge is 2.72. The normalized spacial score (nSPS) is 15.2. The lowest BCUT2D eigenvalue weighted by atomic mass is 9.99. The third-order valence-corrected chi connectivity index (χ3v) is 2.77. The third-order valence-electron chi connectivity index (χ3n) is 2.52. The van der Waals surface area contributed by atoms with Crippen molar-refractivity contribution in [3.05, 3.63) is 34.9 Å². The van der Waals surface area contributed by atoms with Crippen LogP contribution in [0.25, 0.3) is 0 Å².